The Morgan fingerprint density at radius 2 is 2.24 bits per heavy atom. The van der Waals surface area contributed by atoms with Crippen LogP contribution in [0.1, 0.15) is 46.4 Å². The lowest BCUT2D eigenvalue weighted by molar-refractivity contribution is 0.0953. The molecule has 21 heavy (non-hydrogen) atoms. The molecule has 6 heteroatoms. The minimum atomic E-state index is -0.385. The van der Waals surface area contributed by atoms with Crippen molar-refractivity contribution in [2.75, 3.05) is 0 Å². The van der Waals surface area contributed by atoms with Crippen LogP contribution in [0.25, 0.3) is 0 Å². The van der Waals surface area contributed by atoms with Crippen molar-refractivity contribution >= 4 is 17.2 Å². The van der Waals surface area contributed by atoms with Gasteiger partial charge in [0.05, 0.1) is 5.69 Å². The van der Waals surface area contributed by atoms with Crippen molar-refractivity contribution in [3.8, 4) is 5.75 Å². The van der Waals surface area contributed by atoms with E-state index in [9.17, 15) is 4.79 Å². The first-order valence-corrected chi connectivity index (χ1v) is 7.58. The molecule has 0 atom stereocenters. The van der Waals surface area contributed by atoms with E-state index in [4.69, 9.17) is 10.6 Å². The Balaban J connectivity index is 2.07. The van der Waals surface area contributed by atoms with Crippen molar-refractivity contribution in [2.45, 2.75) is 33.3 Å². The minimum Gasteiger partial charge on any atom is -0.487 e. The van der Waals surface area contributed by atoms with Gasteiger partial charge in [0, 0.05) is 5.38 Å². The largest absolute Gasteiger partial charge is 0.487 e. The van der Waals surface area contributed by atoms with Crippen molar-refractivity contribution in [1.82, 2.24) is 10.4 Å². The van der Waals surface area contributed by atoms with Crippen molar-refractivity contribution < 1.29 is 9.53 Å². The molecular weight excluding hydrogens is 286 g/mol. The SMILES string of the molecule is Cc1ccc(C(C)C)cc1OCc1csc(C(=O)NN)n1. The first kappa shape index (κ1) is 15.5. The number of ether oxygens (including phenoxy) is 1. The van der Waals surface area contributed by atoms with Gasteiger partial charge in [-0.25, -0.2) is 10.8 Å². The number of amides is 1. The molecule has 0 unspecified atom stereocenters. The van der Waals surface area contributed by atoms with Crippen LogP contribution in [-0.4, -0.2) is 10.9 Å². The van der Waals surface area contributed by atoms with Crippen molar-refractivity contribution in [2.24, 2.45) is 5.84 Å². The van der Waals surface area contributed by atoms with Crippen LogP contribution in [0, 0.1) is 6.92 Å². The maximum atomic E-state index is 11.3. The topological polar surface area (TPSA) is 77.2 Å². The summed E-state index contributed by atoms with van der Waals surface area (Å²) >= 11 is 1.25. The second-order valence-electron chi connectivity index (χ2n) is 5.09. The molecule has 0 saturated carbocycles. The fourth-order valence-corrected chi connectivity index (χ4v) is 2.53. The summed E-state index contributed by atoms with van der Waals surface area (Å²) in [4.78, 5) is 15.5. The molecule has 2 rings (SSSR count). The fraction of sp³-hybridized carbons (Fsp3) is 0.333. The van der Waals surface area contributed by atoms with Gasteiger partial charge >= 0.3 is 0 Å². The fourth-order valence-electron chi connectivity index (χ4n) is 1.82. The van der Waals surface area contributed by atoms with Gasteiger partial charge in [-0.15, -0.1) is 11.3 Å². The molecule has 0 saturated heterocycles. The Morgan fingerprint density at radius 3 is 2.90 bits per heavy atom. The Labute approximate surface area is 128 Å². The zero-order valence-electron chi connectivity index (χ0n) is 12.3. The predicted molar refractivity (Wildman–Crippen MR) is 83.4 cm³/mol. The van der Waals surface area contributed by atoms with Gasteiger partial charge in [-0.1, -0.05) is 26.0 Å². The number of carbonyl (C=O) groups excluding carboxylic acids is 1. The van der Waals surface area contributed by atoms with E-state index in [-0.39, 0.29) is 5.91 Å². The molecule has 1 heterocycles. The normalized spacial score (nSPS) is 10.7. The van der Waals surface area contributed by atoms with E-state index in [1.54, 1.807) is 5.38 Å². The van der Waals surface area contributed by atoms with Gasteiger partial charge in [0.1, 0.15) is 12.4 Å². The summed E-state index contributed by atoms with van der Waals surface area (Å²) in [5.74, 6) is 5.99. The maximum absolute atomic E-state index is 11.3. The van der Waals surface area contributed by atoms with E-state index < -0.39 is 0 Å². The van der Waals surface area contributed by atoms with Crippen LogP contribution in [0.2, 0.25) is 0 Å². The minimum absolute atomic E-state index is 0.330. The molecular formula is C15H19N3O2S. The van der Waals surface area contributed by atoms with Gasteiger partial charge in [0.2, 0.25) is 0 Å². The second-order valence-corrected chi connectivity index (χ2v) is 5.94. The van der Waals surface area contributed by atoms with E-state index in [0.29, 0.717) is 23.2 Å². The molecule has 5 nitrogen and oxygen atoms in total. The molecule has 1 aromatic carbocycles. The summed E-state index contributed by atoms with van der Waals surface area (Å²) in [6, 6.07) is 6.22. The lowest BCUT2D eigenvalue weighted by Gasteiger charge is -2.12. The van der Waals surface area contributed by atoms with Crippen LogP contribution in [0.5, 0.6) is 5.75 Å². The molecule has 1 amide bonds. The summed E-state index contributed by atoms with van der Waals surface area (Å²) in [5.41, 5.74) is 5.09. The number of hydrazine groups is 1. The third kappa shape index (κ3) is 3.80. The Hall–Kier alpha value is -1.92. The lowest BCUT2D eigenvalue weighted by atomic mass is 10.0. The highest BCUT2D eigenvalue weighted by Gasteiger charge is 2.10. The summed E-state index contributed by atoms with van der Waals surface area (Å²) in [6.07, 6.45) is 0. The molecule has 0 fully saturated rings. The average molecular weight is 305 g/mol. The predicted octanol–water partition coefficient (Wildman–Crippen LogP) is 2.76. The van der Waals surface area contributed by atoms with Crippen LogP contribution < -0.4 is 16.0 Å². The second kappa shape index (κ2) is 6.69. The van der Waals surface area contributed by atoms with Crippen LogP contribution in [-0.2, 0) is 6.61 Å². The van der Waals surface area contributed by atoms with Crippen LogP contribution >= 0.6 is 11.3 Å². The van der Waals surface area contributed by atoms with E-state index in [1.165, 1.54) is 16.9 Å². The number of hydrogen-bond donors (Lipinski definition) is 2. The van der Waals surface area contributed by atoms with Crippen molar-refractivity contribution in [3.63, 3.8) is 0 Å². The molecule has 2 aromatic rings. The summed E-state index contributed by atoms with van der Waals surface area (Å²) in [5, 5.41) is 2.13. The van der Waals surface area contributed by atoms with Gasteiger partial charge in [0.15, 0.2) is 5.01 Å². The van der Waals surface area contributed by atoms with Crippen LogP contribution in [0.3, 0.4) is 0 Å². The first-order valence-electron chi connectivity index (χ1n) is 6.70. The summed E-state index contributed by atoms with van der Waals surface area (Å²) < 4.78 is 5.82. The number of hydrogen-bond acceptors (Lipinski definition) is 5. The first-order chi connectivity index (χ1) is 10.0. The van der Waals surface area contributed by atoms with Crippen LogP contribution in [0.4, 0.5) is 0 Å². The molecule has 0 aliphatic heterocycles. The summed E-state index contributed by atoms with van der Waals surface area (Å²) in [6.45, 7) is 6.63. The van der Waals surface area contributed by atoms with Crippen molar-refractivity contribution in [1.29, 1.82) is 0 Å². The van der Waals surface area contributed by atoms with E-state index in [0.717, 1.165) is 11.3 Å². The average Bonchev–Trinajstić information content (AvgIpc) is 2.94. The number of nitrogens with zero attached hydrogens (tertiary/aromatic N) is 1. The molecule has 0 bridgehead atoms. The smallest absolute Gasteiger partial charge is 0.294 e. The Morgan fingerprint density at radius 1 is 1.48 bits per heavy atom. The number of benzene rings is 1. The van der Waals surface area contributed by atoms with Crippen LogP contribution in [0.15, 0.2) is 23.6 Å². The highest BCUT2D eigenvalue weighted by molar-refractivity contribution is 7.11. The maximum Gasteiger partial charge on any atom is 0.294 e. The molecule has 0 aliphatic carbocycles. The molecule has 1 aromatic heterocycles. The van der Waals surface area contributed by atoms with E-state index in [2.05, 4.69) is 42.5 Å². The molecule has 3 N–H and O–H groups in total. The standard InChI is InChI=1S/C15H19N3O2S/c1-9(2)11-5-4-10(3)13(6-11)20-7-12-8-21-15(17-12)14(19)18-16/h4-6,8-9H,7,16H2,1-3H3,(H,18,19). The molecule has 0 spiro atoms. The third-order valence-corrected chi connectivity index (χ3v) is 4.02. The summed E-state index contributed by atoms with van der Waals surface area (Å²) in [7, 11) is 0. The van der Waals surface area contributed by atoms with Crippen molar-refractivity contribution in [3.05, 3.63) is 45.4 Å². The van der Waals surface area contributed by atoms with Gasteiger partial charge in [-0.2, -0.15) is 0 Å². The molecule has 112 valence electrons. The zero-order chi connectivity index (χ0) is 15.4. The van der Waals surface area contributed by atoms with Gasteiger partial charge < -0.3 is 4.74 Å². The number of nitrogens with two attached hydrogens (primary N) is 1. The number of nitrogen functional groups attached to an aromatic ring is 1. The highest BCUT2D eigenvalue weighted by Crippen LogP contribution is 2.25. The molecule has 0 radical (unpaired) electrons. The van der Waals surface area contributed by atoms with Gasteiger partial charge in [0.25, 0.3) is 5.91 Å². The zero-order valence-corrected chi connectivity index (χ0v) is 13.2. The monoisotopic (exact) mass is 305 g/mol. The lowest BCUT2D eigenvalue weighted by Crippen LogP contribution is -2.29. The van der Waals surface area contributed by atoms with E-state index in [1.807, 2.05) is 6.92 Å². The number of aryl methyl sites for hydroxylation is 1. The Kier molecular flexibility index (Phi) is 4.93. The number of aromatic nitrogens is 1. The van der Waals surface area contributed by atoms with Gasteiger partial charge in [-0.3, -0.25) is 10.2 Å². The number of thiazole rings is 1. The molecule has 0 aliphatic rings. The highest BCUT2D eigenvalue weighted by atomic mass is 32.1. The number of carbonyl (C=O) groups is 1. The Bertz CT molecular complexity index is 638. The quantitative estimate of drug-likeness (QED) is 0.506. The number of rotatable bonds is 5. The van der Waals surface area contributed by atoms with Gasteiger partial charge in [-0.05, 0) is 30.0 Å². The van der Waals surface area contributed by atoms with E-state index >= 15 is 0 Å². The number of nitrogens with one attached hydrogen (secondary N) is 1. The third-order valence-electron chi connectivity index (χ3n) is 3.13.